The number of hydrogen-bond acceptors (Lipinski definition) is 3. The van der Waals surface area contributed by atoms with Crippen LogP contribution in [0.25, 0.3) is 24.3 Å². The third-order valence-electron chi connectivity index (χ3n) is 8.34. The predicted molar refractivity (Wildman–Crippen MR) is 166 cm³/mol. The van der Waals surface area contributed by atoms with Crippen LogP contribution in [0.15, 0.2) is 116 Å². The van der Waals surface area contributed by atoms with Crippen molar-refractivity contribution in [3.05, 3.63) is 161 Å². The SMILES string of the molecule is Cc1cc(/C=C/c2ccncc2)c(C2C(c3ccccc3)C(C)C2c2ccncc2)cc1/C=C/c1ccncc1. The first kappa shape index (κ1) is 25.6. The summed E-state index contributed by atoms with van der Waals surface area (Å²) in [5.41, 5.74) is 10.2. The molecule has 0 bridgehead atoms. The van der Waals surface area contributed by atoms with E-state index in [0.29, 0.717) is 23.7 Å². The normalized spacial score (nSPS) is 20.6. The molecule has 3 aromatic heterocycles. The molecule has 1 fully saturated rings. The molecule has 196 valence electrons. The molecular weight excluding hydrogens is 486 g/mol. The minimum absolute atomic E-state index is 0.338. The smallest absolute Gasteiger partial charge is 0.0273 e. The van der Waals surface area contributed by atoms with E-state index in [1.807, 2.05) is 61.4 Å². The molecule has 4 unspecified atom stereocenters. The first-order chi connectivity index (χ1) is 19.7. The van der Waals surface area contributed by atoms with Crippen LogP contribution >= 0.6 is 0 Å². The van der Waals surface area contributed by atoms with Gasteiger partial charge in [-0.25, -0.2) is 0 Å². The van der Waals surface area contributed by atoms with Gasteiger partial charge in [0.1, 0.15) is 0 Å². The maximum Gasteiger partial charge on any atom is 0.0273 e. The lowest BCUT2D eigenvalue weighted by atomic mass is 9.51. The van der Waals surface area contributed by atoms with E-state index in [1.165, 1.54) is 33.4 Å². The van der Waals surface area contributed by atoms with E-state index in [4.69, 9.17) is 0 Å². The summed E-state index contributed by atoms with van der Waals surface area (Å²) in [7, 11) is 0. The second kappa shape index (κ2) is 11.6. The van der Waals surface area contributed by atoms with Crippen molar-refractivity contribution < 1.29 is 0 Å². The fraction of sp³-hybridized carbons (Fsp3) is 0.162. The minimum atomic E-state index is 0.338. The highest BCUT2D eigenvalue weighted by atomic mass is 14.6. The van der Waals surface area contributed by atoms with Crippen LogP contribution in [-0.4, -0.2) is 15.0 Å². The van der Waals surface area contributed by atoms with Crippen LogP contribution in [0, 0.1) is 12.8 Å². The largest absolute Gasteiger partial charge is 0.265 e. The van der Waals surface area contributed by atoms with Crippen molar-refractivity contribution in [2.24, 2.45) is 5.92 Å². The summed E-state index contributed by atoms with van der Waals surface area (Å²) in [4.78, 5) is 12.7. The van der Waals surface area contributed by atoms with Gasteiger partial charge >= 0.3 is 0 Å². The van der Waals surface area contributed by atoms with Gasteiger partial charge in [0.15, 0.2) is 0 Å². The third-order valence-corrected chi connectivity index (χ3v) is 8.34. The number of hydrogen-bond donors (Lipinski definition) is 0. The van der Waals surface area contributed by atoms with E-state index in [2.05, 4.69) is 108 Å². The molecule has 0 aliphatic heterocycles. The first-order valence-electron chi connectivity index (χ1n) is 13.9. The van der Waals surface area contributed by atoms with E-state index < -0.39 is 0 Å². The lowest BCUT2D eigenvalue weighted by Crippen LogP contribution is -2.40. The molecule has 1 aliphatic carbocycles. The molecule has 0 radical (unpaired) electrons. The first-order valence-corrected chi connectivity index (χ1v) is 13.9. The Hall–Kier alpha value is -4.63. The summed E-state index contributed by atoms with van der Waals surface area (Å²) in [6.07, 6.45) is 20.1. The number of benzene rings is 2. The molecule has 0 saturated heterocycles. The Balaban J connectivity index is 1.50. The molecule has 4 atom stereocenters. The fourth-order valence-corrected chi connectivity index (χ4v) is 6.32. The average molecular weight is 520 g/mol. The topological polar surface area (TPSA) is 38.7 Å². The van der Waals surface area contributed by atoms with Gasteiger partial charge in [0.25, 0.3) is 0 Å². The minimum Gasteiger partial charge on any atom is -0.265 e. The van der Waals surface area contributed by atoms with E-state index in [0.717, 1.165) is 11.1 Å². The Kier molecular flexibility index (Phi) is 7.45. The van der Waals surface area contributed by atoms with E-state index in [1.54, 1.807) is 0 Å². The van der Waals surface area contributed by atoms with Gasteiger partial charge in [-0.2, -0.15) is 0 Å². The Bertz CT molecular complexity index is 1560. The number of aryl methyl sites for hydroxylation is 1. The molecule has 2 aromatic carbocycles. The van der Waals surface area contributed by atoms with Gasteiger partial charge in [0, 0.05) is 37.2 Å². The van der Waals surface area contributed by atoms with Gasteiger partial charge in [-0.3, -0.25) is 15.0 Å². The van der Waals surface area contributed by atoms with Gasteiger partial charge in [0.2, 0.25) is 0 Å². The number of nitrogens with zero attached hydrogens (tertiary/aromatic N) is 3. The van der Waals surface area contributed by atoms with Crippen LogP contribution in [-0.2, 0) is 0 Å². The summed E-state index contributed by atoms with van der Waals surface area (Å²) >= 11 is 0. The van der Waals surface area contributed by atoms with Crippen molar-refractivity contribution in [3.8, 4) is 0 Å². The van der Waals surface area contributed by atoms with Crippen molar-refractivity contribution >= 4 is 24.3 Å². The van der Waals surface area contributed by atoms with Gasteiger partial charge < -0.3 is 0 Å². The van der Waals surface area contributed by atoms with Gasteiger partial charge in [-0.15, -0.1) is 0 Å². The number of aromatic nitrogens is 3. The maximum atomic E-state index is 4.32. The molecule has 3 heterocycles. The van der Waals surface area contributed by atoms with Crippen LogP contribution in [0.5, 0.6) is 0 Å². The van der Waals surface area contributed by atoms with Gasteiger partial charge in [-0.05, 0) is 112 Å². The molecule has 3 heteroatoms. The third kappa shape index (κ3) is 5.28. The Morgan fingerprint density at radius 1 is 0.525 bits per heavy atom. The molecule has 40 heavy (non-hydrogen) atoms. The van der Waals surface area contributed by atoms with Crippen molar-refractivity contribution in [2.45, 2.75) is 31.6 Å². The predicted octanol–water partition coefficient (Wildman–Crippen LogP) is 8.82. The van der Waals surface area contributed by atoms with Crippen LogP contribution < -0.4 is 0 Å². The van der Waals surface area contributed by atoms with Crippen molar-refractivity contribution in [1.29, 1.82) is 0 Å². The fourth-order valence-electron chi connectivity index (χ4n) is 6.32. The molecule has 1 aliphatic rings. The van der Waals surface area contributed by atoms with Crippen LogP contribution in [0.1, 0.15) is 69.2 Å². The number of rotatable bonds is 7. The highest BCUT2D eigenvalue weighted by Gasteiger charge is 2.50. The van der Waals surface area contributed by atoms with Gasteiger partial charge in [0.05, 0.1) is 0 Å². The molecular formula is C37H33N3. The standard InChI is InChI=1S/C37H33N3/c1-26-24-33(11-9-29-14-20-39-21-15-29)34(25-32(26)10-8-28-12-18-38-19-13-28)37-35(30-6-4-3-5-7-30)27(2)36(37)31-16-22-40-23-17-31/h3-25,27,35-37H,1-2H3/b10-8+,11-9+. The molecule has 5 aromatic rings. The maximum absolute atomic E-state index is 4.32. The summed E-state index contributed by atoms with van der Waals surface area (Å²) < 4.78 is 0. The summed E-state index contributed by atoms with van der Waals surface area (Å²) in [6.45, 7) is 4.61. The van der Waals surface area contributed by atoms with Crippen LogP contribution in [0.4, 0.5) is 0 Å². The van der Waals surface area contributed by atoms with Crippen molar-refractivity contribution in [3.63, 3.8) is 0 Å². The summed E-state index contributed by atoms with van der Waals surface area (Å²) in [5, 5.41) is 0. The Morgan fingerprint density at radius 2 is 1.02 bits per heavy atom. The molecule has 1 saturated carbocycles. The zero-order valence-corrected chi connectivity index (χ0v) is 22.9. The zero-order valence-electron chi connectivity index (χ0n) is 22.9. The lowest BCUT2D eigenvalue weighted by Gasteiger charge is -2.52. The summed E-state index contributed by atoms with van der Waals surface area (Å²) in [6, 6.07) is 28.4. The Morgan fingerprint density at radius 3 is 1.60 bits per heavy atom. The molecule has 0 N–H and O–H groups in total. The van der Waals surface area contributed by atoms with E-state index in [-0.39, 0.29) is 0 Å². The number of pyridine rings is 3. The molecule has 0 amide bonds. The van der Waals surface area contributed by atoms with E-state index in [9.17, 15) is 0 Å². The second-order valence-corrected chi connectivity index (χ2v) is 10.7. The monoisotopic (exact) mass is 519 g/mol. The Labute approximate surface area is 237 Å². The van der Waals surface area contributed by atoms with Crippen molar-refractivity contribution in [1.82, 2.24) is 15.0 Å². The highest BCUT2D eigenvalue weighted by molar-refractivity contribution is 5.77. The van der Waals surface area contributed by atoms with E-state index >= 15 is 0 Å². The molecule has 6 rings (SSSR count). The van der Waals surface area contributed by atoms with Crippen LogP contribution in [0.2, 0.25) is 0 Å². The second-order valence-electron chi connectivity index (χ2n) is 10.7. The summed E-state index contributed by atoms with van der Waals surface area (Å²) in [5.74, 6) is 1.67. The lowest BCUT2D eigenvalue weighted by molar-refractivity contribution is 0.174. The van der Waals surface area contributed by atoms with Crippen LogP contribution in [0.3, 0.4) is 0 Å². The van der Waals surface area contributed by atoms with Gasteiger partial charge in [-0.1, -0.05) is 73.7 Å². The molecule has 3 nitrogen and oxygen atoms in total. The average Bonchev–Trinajstić information content (AvgIpc) is 3.00. The van der Waals surface area contributed by atoms with Crippen molar-refractivity contribution in [2.75, 3.05) is 0 Å². The highest BCUT2D eigenvalue weighted by Crippen LogP contribution is 2.62. The zero-order chi connectivity index (χ0) is 27.3. The molecule has 0 spiro atoms. The quantitative estimate of drug-likeness (QED) is 0.216.